The Kier molecular flexibility index (Phi) is 5.03. The molecule has 0 spiro atoms. The number of amidine groups is 1. The maximum Gasteiger partial charge on any atom is 0.173 e. The van der Waals surface area contributed by atoms with E-state index >= 15 is 0 Å². The molecule has 0 amide bonds. The normalized spacial score (nSPS) is 11.5. The van der Waals surface area contributed by atoms with Crippen LogP contribution in [0.3, 0.4) is 0 Å². The van der Waals surface area contributed by atoms with Gasteiger partial charge in [0.1, 0.15) is 5.82 Å². The van der Waals surface area contributed by atoms with E-state index in [0.29, 0.717) is 10.6 Å². The van der Waals surface area contributed by atoms with Crippen molar-refractivity contribution in [2.24, 2.45) is 10.9 Å². The minimum Gasteiger partial charge on any atom is -0.409 e. The number of anilines is 1. The van der Waals surface area contributed by atoms with Crippen molar-refractivity contribution in [1.82, 2.24) is 0 Å². The molecule has 0 heterocycles. The summed E-state index contributed by atoms with van der Waals surface area (Å²) in [6.45, 7) is 0.249. The van der Waals surface area contributed by atoms with Gasteiger partial charge in [0.15, 0.2) is 5.84 Å². The van der Waals surface area contributed by atoms with E-state index in [1.165, 1.54) is 6.07 Å². The van der Waals surface area contributed by atoms with Crippen molar-refractivity contribution in [1.29, 1.82) is 0 Å². The first-order valence-corrected chi connectivity index (χ1v) is 7.14. The van der Waals surface area contributed by atoms with Crippen LogP contribution >= 0.6 is 27.5 Å². The van der Waals surface area contributed by atoms with E-state index in [-0.39, 0.29) is 17.9 Å². The number of nitrogens with one attached hydrogen (secondary N) is 1. The van der Waals surface area contributed by atoms with Gasteiger partial charge in [0.2, 0.25) is 0 Å². The molecule has 0 aromatic heterocycles. The largest absolute Gasteiger partial charge is 0.409 e. The van der Waals surface area contributed by atoms with Gasteiger partial charge in [0.25, 0.3) is 0 Å². The molecule has 0 aliphatic heterocycles. The Bertz CT molecular complexity index is 694. The summed E-state index contributed by atoms with van der Waals surface area (Å²) in [5.74, 6) is -0.785. The van der Waals surface area contributed by atoms with E-state index in [2.05, 4.69) is 26.4 Å². The van der Waals surface area contributed by atoms with Crippen molar-refractivity contribution in [3.05, 3.63) is 62.8 Å². The molecular formula is C14H12BrClFN3O. The highest BCUT2D eigenvalue weighted by Crippen LogP contribution is 2.26. The van der Waals surface area contributed by atoms with E-state index in [0.717, 1.165) is 10.2 Å². The van der Waals surface area contributed by atoms with Crippen molar-refractivity contribution in [3.63, 3.8) is 0 Å². The monoisotopic (exact) mass is 371 g/mol. The van der Waals surface area contributed by atoms with Gasteiger partial charge >= 0.3 is 0 Å². The topological polar surface area (TPSA) is 70.6 Å². The summed E-state index contributed by atoms with van der Waals surface area (Å²) in [5.41, 5.74) is 6.68. The summed E-state index contributed by atoms with van der Waals surface area (Å²) in [7, 11) is 0. The molecule has 0 saturated carbocycles. The molecule has 0 radical (unpaired) electrons. The second-order valence-corrected chi connectivity index (χ2v) is 5.53. The Morgan fingerprint density at radius 1 is 1.38 bits per heavy atom. The molecule has 21 heavy (non-hydrogen) atoms. The number of oxime groups is 1. The predicted octanol–water partition coefficient (Wildman–Crippen LogP) is 3.95. The zero-order valence-electron chi connectivity index (χ0n) is 10.8. The minimum atomic E-state index is -0.523. The number of benzene rings is 2. The van der Waals surface area contributed by atoms with E-state index in [9.17, 15) is 4.39 Å². The molecule has 110 valence electrons. The van der Waals surface area contributed by atoms with Gasteiger partial charge in [0, 0.05) is 27.3 Å². The minimum absolute atomic E-state index is 0.0620. The van der Waals surface area contributed by atoms with Crippen LogP contribution in [-0.2, 0) is 6.54 Å². The highest BCUT2D eigenvalue weighted by molar-refractivity contribution is 9.10. The highest BCUT2D eigenvalue weighted by Gasteiger charge is 2.11. The Morgan fingerprint density at radius 3 is 2.81 bits per heavy atom. The van der Waals surface area contributed by atoms with Crippen LogP contribution in [0.2, 0.25) is 5.02 Å². The van der Waals surface area contributed by atoms with Crippen molar-refractivity contribution >= 4 is 39.1 Å². The lowest BCUT2D eigenvalue weighted by atomic mass is 10.1. The average molecular weight is 373 g/mol. The quantitative estimate of drug-likeness (QED) is 0.329. The predicted molar refractivity (Wildman–Crippen MR) is 85.4 cm³/mol. The average Bonchev–Trinajstić information content (AvgIpc) is 2.47. The maximum absolute atomic E-state index is 14.2. The van der Waals surface area contributed by atoms with Crippen LogP contribution in [0.5, 0.6) is 0 Å². The summed E-state index contributed by atoms with van der Waals surface area (Å²) >= 11 is 9.24. The van der Waals surface area contributed by atoms with Crippen LogP contribution in [0.15, 0.2) is 46.0 Å². The van der Waals surface area contributed by atoms with Crippen molar-refractivity contribution in [2.75, 3.05) is 5.32 Å². The van der Waals surface area contributed by atoms with Gasteiger partial charge in [-0.2, -0.15) is 0 Å². The molecule has 0 unspecified atom stereocenters. The van der Waals surface area contributed by atoms with E-state index in [4.69, 9.17) is 22.5 Å². The molecule has 2 aromatic rings. The third-order valence-corrected chi connectivity index (χ3v) is 3.75. The van der Waals surface area contributed by atoms with Gasteiger partial charge in [-0.05, 0) is 40.2 Å². The van der Waals surface area contributed by atoms with Crippen molar-refractivity contribution in [3.8, 4) is 0 Å². The van der Waals surface area contributed by atoms with E-state index in [1.54, 1.807) is 30.3 Å². The molecule has 2 aromatic carbocycles. The number of hydrogen-bond donors (Lipinski definition) is 3. The third-order valence-electron chi connectivity index (χ3n) is 2.86. The molecule has 7 heteroatoms. The summed E-state index contributed by atoms with van der Waals surface area (Å²) in [6.07, 6.45) is 0. The molecule has 4 N–H and O–H groups in total. The van der Waals surface area contributed by atoms with Gasteiger partial charge in [-0.3, -0.25) is 0 Å². The fourth-order valence-corrected chi connectivity index (χ4v) is 2.61. The lowest BCUT2D eigenvalue weighted by molar-refractivity contribution is 0.318. The zero-order valence-corrected chi connectivity index (χ0v) is 13.1. The zero-order chi connectivity index (χ0) is 15.4. The molecule has 0 saturated heterocycles. The van der Waals surface area contributed by atoms with Gasteiger partial charge in [-0.25, -0.2) is 4.39 Å². The standard InChI is InChI=1S/C14H12BrClFN3O/c15-11-6-9(16)4-5-12(11)19-7-8-2-1-3-10(13(8)17)14(18)20-21/h1-6,19,21H,7H2,(H2,18,20). The first-order valence-electron chi connectivity index (χ1n) is 5.97. The lowest BCUT2D eigenvalue weighted by Gasteiger charge is -2.11. The summed E-state index contributed by atoms with van der Waals surface area (Å²) < 4.78 is 15.0. The van der Waals surface area contributed by atoms with Crippen LogP contribution in [0.1, 0.15) is 11.1 Å². The Balaban J connectivity index is 2.21. The second-order valence-electron chi connectivity index (χ2n) is 4.24. The third kappa shape index (κ3) is 3.65. The number of nitrogens with two attached hydrogens (primary N) is 1. The molecule has 0 aliphatic rings. The van der Waals surface area contributed by atoms with Crippen LogP contribution in [0.4, 0.5) is 10.1 Å². The van der Waals surface area contributed by atoms with E-state index < -0.39 is 5.82 Å². The first-order chi connectivity index (χ1) is 10.0. The number of rotatable bonds is 4. The Morgan fingerprint density at radius 2 is 2.14 bits per heavy atom. The highest BCUT2D eigenvalue weighted by atomic mass is 79.9. The van der Waals surface area contributed by atoms with Crippen LogP contribution in [-0.4, -0.2) is 11.0 Å². The Hall–Kier alpha value is -1.79. The first kappa shape index (κ1) is 15.6. The number of nitrogens with zero attached hydrogens (tertiary/aromatic N) is 1. The molecule has 4 nitrogen and oxygen atoms in total. The Labute approximate surface area is 134 Å². The fraction of sp³-hybridized carbons (Fsp3) is 0.0714. The summed E-state index contributed by atoms with van der Waals surface area (Å²) in [5, 5.41) is 15.1. The molecule has 2 rings (SSSR count). The number of hydrogen-bond acceptors (Lipinski definition) is 3. The van der Waals surface area contributed by atoms with Gasteiger partial charge in [0.05, 0.1) is 5.56 Å². The fourth-order valence-electron chi connectivity index (χ4n) is 1.79. The lowest BCUT2D eigenvalue weighted by Crippen LogP contribution is -2.16. The van der Waals surface area contributed by atoms with Gasteiger partial charge < -0.3 is 16.3 Å². The van der Waals surface area contributed by atoms with E-state index in [1.807, 2.05) is 0 Å². The maximum atomic E-state index is 14.2. The SMILES string of the molecule is N/C(=N/O)c1cccc(CNc2ccc(Cl)cc2Br)c1F. The van der Waals surface area contributed by atoms with Gasteiger partial charge in [-0.15, -0.1) is 0 Å². The molecule has 0 aliphatic carbocycles. The summed E-state index contributed by atoms with van der Waals surface area (Å²) in [4.78, 5) is 0. The molecule has 0 atom stereocenters. The summed E-state index contributed by atoms with van der Waals surface area (Å²) in [6, 6.07) is 9.99. The van der Waals surface area contributed by atoms with Crippen molar-refractivity contribution in [2.45, 2.75) is 6.54 Å². The number of halogens is 3. The smallest absolute Gasteiger partial charge is 0.173 e. The van der Waals surface area contributed by atoms with Crippen LogP contribution < -0.4 is 11.1 Å². The molecular weight excluding hydrogens is 361 g/mol. The van der Waals surface area contributed by atoms with Crippen LogP contribution in [0, 0.1) is 5.82 Å². The van der Waals surface area contributed by atoms with Gasteiger partial charge in [-0.1, -0.05) is 28.9 Å². The molecule has 0 fully saturated rings. The van der Waals surface area contributed by atoms with Crippen LogP contribution in [0.25, 0.3) is 0 Å². The second kappa shape index (κ2) is 6.78. The van der Waals surface area contributed by atoms with Crippen molar-refractivity contribution < 1.29 is 9.60 Å². The molecule has 0 bridgehead atoms.